The van der Waals surface area contributed by atoms with Crippen LogP contribution in [0, 0.1) is 5.92 Å². The molecule has 1 aromatic rings. The Hall–Kier alpha value is -1.59. The molecule has 9 nitrogen and oxygen atoms in total. The largest absolute Gasteiger partial charge is 0.340 e. The average Bonchev–Trinajstić information content (AvgIpc) is 3.26. The number of carbonyl (C=O) groups is 2. The van der Waals surface area contributed by atoms with Crippen LogP contribution in [-0.2, 0) is 19.6 Å². The van der Waals surface area contributed by atoms with Gasteiger partial charge in [0.15, 0.2) is 0 Å². The van der Waals surface area contributed by atoms with Crippen molar-refractivity contribution in [3.63, 3.8) is 0 Å². The second-order valence-corrected chi connectivity index (χ2v) is 8.65. The summed E-state index contributed by atoms with van der Waals surface area (Å²) in [7, 11) is -3.74. The minimum atomic E-state index is -3.74. The van der Waals surface area contributed by atoms with E-state index in [4.69, 9.17) is 0 Å². The van der Waals surface area contributed by atoms with Crippen molar-refractivity contribution in [1.82, 2.24) is 19.4 Å². The van der Waals surface area contributed by atoms with Crippen molar-refractivity contribution in [2.45, 2.75) is 24.1 Å². The molecular formula is C12H17N5O4S2. The van der Waals surface area contributed by atoms with Crippen LogP contribution in [0.2, 0.25) is 0 Å². The van der Waals surface area contributed by atoms with Gasteiger partial charge in [0.05, 0.1) is 0 Å². The van der Waals surface area contributed by atoms with Crippen molar-refractivity contribution in [3.8, 4) is 0 Å². The highest BCUT2D eigenvalue weighted by atomic mass is 32.2. The Bertz CT molecular complexity index is 720. The zero-order valence-corrected chi connectivity index (χ0v) is 14.2. The number of hydrogen-bond acceptors (Lipinski definition) is 7. The van der Waals surface area contributed by atoms with Crippen molar-refractivity contribution in [2.24, 2.45) is 5.92 Å². The number of sulfonamides is 1. The molecule has 0 aromatic carbocycles. The summed E-state index contributed by atoms with van der Waals surface area (Å²) in [4.78, 5) is 24.7. The number of amides is 2. The molecule has 1 saturated heterocycles. The second-order valence-electron chi connectivity index (χ2n) is 5.56. The number of piperazine rings is 1. The highest BCUT2D eigenvalue weighted by Crippen LogP contribution is 2.31. The number of nitrogens with zero attached hydrogens (tertiary/aromatic N) is 4. The molecule has 23 heavy (non-hydrogen) atoms. The van der Waals surface area contributed by atoms with Gasteiger partial charge in [0.25, 0.3) is 10.0 Å². The van der Waals surface area contributed by atoms with E-state index in [-0.39, 0.29) is 40.3 Å². The van der Waals surface area contributed by atoms with Crippen LogP contribution < -0.4 is 5.32 Å². The lowest BCUT2D eigenvalue weighted by Crippen LogP contribution is -2.50. The van der Waals surface area contributed by atoms with E-state index in [1.165, 1.54) is 11.2 Å². The van der Waals surface area contributed by atoms with Crippen LogP contribution in [0.25, 0.3) is 0 Å². The number of anilines is 1. The quantitative estimate of drug-likeness (QED) is 0.741. The van der Waals surface area contributed by atoms with Crippen LogP contribution in [0.1, 0.15) is 19.8 Å². The molecule has 0 spiro atoms. The lowest BCUT2D eigenvalue weighted by atomic mass is 10.3. The van der Waals surface area contributed by atoms with Gasteiger partial charge in [0, 0.05) is 39.0 Å². The minimum Gasteiger partial charge on any atom is -0.340 e. The summed E-state index contributed by atoms with van der Waals surface area (Å²) >= 11 is 0.819. The van der Waals surface area contributed by atoms with Gasteiger partial charge in [-0.2, -0.15) is 4.31 Å². The highest BCUT2D eigenvalue weighted by Gasteiger charge is 2.37. The molecule has 2 amide bonds. The van der Waals surface area contributed by atoms with Crippen LogP contribution in [0.5, 0.6) is 0 Å². The molecule has 0 bridgehead atoms. The summed E-state index contributed by atoms with van der Waals surface area (Å²) < 4.78 is 26.2. The Balaban J connectivity index is 1.65. The average molecular weight is 359 g/mol. The van der Waals surface area contributed by atoms with E-state index in [1.807, 2.05) is 0 Å². The maximum Gasteiger partial charge on any atom is 0.272 e. The number of aromatic nitrogens is 2. The first-order valence-electron chi connectivity index (χ1n) is 7.28. The molecule has 0 radical (unpaired) electrons. The van der Waals surface area contributed by atoms with Gasteiger partial charge < -0.3 is 10.2 Å². The molecule has 1 aromatic heterocycles. The Kier molecular flexibility index (Phi) is 4.34. The third-order valence-electron chi connectivity index (χ3n) is 3.73. The zero-order valence-electron chi connectivity index (χ0n) is 12.6. The van der Waals surface area contributed by atoms with Gasteiger partial charge in [-0.15, -0.1) is 10.2 Å². The molecule has 1 saturated carbocycles. The zero-order chi connectivity index (χ0) is 16.6. The molecule has 2 fully saturated rings. The first-order valence-corrected chi connectivity index (χ1v) is 9.53. The monoisotopic (exact) mass is 359 g/mol. The van der Waals surface area contributed by atoms with Crippen molar-refractivity contribution in [1.29, 1.82) is 0 Å². The van der Waals surface area contributed by atoms with Crippen molar-refractivity contribution >= 4 is 38.3 Å². The van der Waals surface area contributed by atoms with Crippen molar-refractivity contribution in [3.05, 3.63) is 0 Å². The van der Waals surface area contributed by atoms with Gasteiger partial charge in [-0.25, -0.2) is 8.42 Å². The Morgan fingerprint density at radius 2 is 1.83 bits per heavy atom. The van der Waals surface area contributed by atoms with Gasteiger partial charge in [-0.3, -0.25) is 9.59 Å². The fourth-order valence-corrected chi connectivity index (χ4v) is 4.87. The lowest BCUT2D eigenvalue weighted by Gasteiger charge is -2.33. The highest BCUT2D eigenvalue weighted by molar-refractivity contribution is 7.91. The lowest BCUT2D eigenvalue weighted by molar-refractivity contribution is -0.133. The van der Waals surface area contributed by atoms with E-state index in [1.54, 1.807) is 4.90 Å². The fraction of sp³-hybridized carbons (Fsp3) is 0.667. The molecule has 2 aliphatic rings. The number of carbonyl (C=O) groups excluding carboxylic acids is 2. The number of rotatable bonds is 4. The van der Waals surface area contributed by atoms with Crippen LogP contribution in [0.3, 0.4) is 0 Å². The van der Waals surface area contributed by atoms with Gasteiger partial charge in [0.2, 0.25) is 21.3 Å². The maximum absolute atomic E-state index is 12.5. The van der Waals surface area contributed by atoms with Gasteiger partial charge in [-0.1, -0.05) is 11.3 Å². The SMILES string of the molecule is CC(=O)Nc1nnc(S(=O)(=O)N2CCN(C(=O)C3CC3)CC2)s1. The third kappa shape index (κ3) is 3.51. The van der Waals surface area contributed by atoms with Crippen LogP contribution >= 0.6 is 11.3 Å². The summed E-state index contributed by atoms with van der Waals surface area (Å²) in [5.74, 6) is -0.0651. The van der Waals surface area contributed by atoms with Crippen LogP contribution in [0.4, 0.5) is 5.13 Å². The van der Waals surface area contributed by atoms with Crippen molar-refractivity contribution < 1.29 is 18.0 Å². The number of nitrogens with one attached hydrogen (secondary N) is 1. The van der Waals surface area contributed by atoms with Crippen LogP contribution in [0.15, 0.2) is 4.34 Å². The molecule has 126 valence electrons. The molecule has 3 rings (SSSR count). The maximum atomic E-state index is 12.5. The van der Waals surface area contributed by atoms with Gasteiger partial charge in [0.1, 0.15) is 0 Å². The molecule has 0 atom stereocenters. The molecule has 1 aliphatic carbocycles. The summed E-state index contributed by atoms with van der Waals surface area (Å²) in [6, 6.07) is 0. The second kappa shape index (κ2) is 6.13. The predicted octanol–water partition coefficient (Wildman–Crippen LogP) is -0.261. The fourth-order valence-electron chi connectivity index (χ4n) is 2.36. The Labute approximate surface area is 137 Å². The summed E-state index contributed by atoms with van der Waals surface area (Å²) in [6.07, 6.45) is 1.88. The molecule has 11 heteroatoms. The molecule has 0 unspecified atom stereocenters. The van der Waals surface area contributed by atoms with E-state index in [2.05, 4.69) is 15.5 Å². The standard InChI is InChI=1S/C12H17N5O4S2/c1-8(18)13-11-14-15-12(22-11)23(20,21)17-6-4-16(5-7-17)10(19)9-2-3-9/h9H,2-7H2,1H3,(H,13,14,18). The van der Waals surface area contributed by atoms with E-state index in [0.717, 1.165) is 24.2 Å². The summed E-state index contributed by atoms with van der Waals surface area (Å²) in [5, 5.41) is 9.87. The topological polar surface area (TPSA) is 113 Å². The smallest absolute Gasteiger partial charge is 0.272 e. The first kappa shape index (κ1) is 16.3. The Morgan fingerprint density at radius 3 is 2.39 bits per heavy atom. The van der Waals surface area contributed by atoms with E-state index in [0.29, 0.717) is 13.1 Å². The molecule has 2 heterocycles. The summed E-state index contributed by atoms with van der Waals surface area (Å²) in [5.41, 5.74) is 0. The van der Waals surface area contributed by atoms with E-state index < -0.39 is 10.0 Å². The van der Waals surface area contributed by atoms with E-state index in [9.17, 15) is 18.0 Å². The van der Waals surface area contributed by atoms with E-state index >= 15 is 0 Å². The summed E-state index contributed by atoms with van der Waals surface area (Å²) in [6.45, 7) is 2.59. The Morgan fingerprint density at radius 1 is 1.17 bits per heavy atom. The van der Waals surface area contributed by atoms with Gasteiger partial charge >= 0.3 is 0 Å². The van der Waals surface area contributed by atoms with Gasteiger partial charge in [-0.05, 0) is 12.8 Å². The molecule has 1 aliphatic heterocycles. The van der Waals surface area contributed by atoms with Crippen LogP contribution in [-0.4, -0.2) is 65.8 Å². The normalized spacial score (nSPS) is 19.6. The first-order chi connectivity index (χ1) is 10.9. The molecule has 1 N–H and O–H groups in total. The molecular weight excluding hydrogens is 342 g/mol. The minimum absolute atomic E-state index is 0.130. The van der Waals surface area contributed by atoms with Crippen molar-refractivity contribution in [2.75, 3.05) is 31.5 Å². The number of hydrogen-bond donors (Lipinski definition) is 1. The predicted molar refractivity (Wildman–Crippen MR) is 82.3 cm³/mol. The third-order valence-corrected chi connectivity index (χ3v) is 6.81.